The SMILES string of the molecule is CCOC(=O)/C=C/C(=O)C12CCN(CC1)C2. The van der Waals surface area contributed by atoms with E-state index >= 15 is 0 Å². The van der Waals surface area contributed by atoms with E-state index in [1.54, 1.807) is 6.92 Å². The molecule has 16 heavy (non-hydrogen) atoms. The molecule has 2 aliphatic rings. The lowest BCUT2D eigenvalue weighted by Gasteiger charge is -2.21. The Labute approximate surface area is 95.2 Å². The molecular formula is C12H17NO3. The summed E-state index contributed by atoms with van der Waals surface area (Å²) >= 11 is 0. The van der Waals surface area contributed by atoms with E-state index in [0.29, 0.717) is 6.61 Å². The summed E-state index contributed by atoms with van der Waals surface area (Å²) in [5.74, 6) is -0.347. The van der Waals surface area contributed by atoms with Crippen LogP contribution in [0.2, 0.25) is 0 Å². The topological polar surface area (TPSA) is 46.6 Å². The van der Waals surface area contributed by atoms with Gasteiger partial charge in [0, 0.05) is 18.0 Å². The van der Waals surface area contributed by atoms with Gasteiger partial charge in [0.25, 0.3) is 0 Å². The van der Waals surface area contributed by atoms with Crippen LogP contribution in [0.5, 0.6) is 0 Å². The molecule has 0 radical (unpaired) electrons. The normalized spacial score (nSPS) is 32.2. The van der Waals surface area contributed by atoms with Crippen molar-refractivity contribution in [2.24, 2.45) is 5.41 Å². The number of allylic oxidation sites excluding steroid dienone is 1. The minimum absolute atomic E-state index is 0.0838. The molecular weight excluding hydrogens is 206 g/mol. The predicted octanol–water partition coefficient (Wildman–Crippen LogP) is 0.771. The first-order valence-electron chi connectivity index (χ1n) is 5.78. The minimum Gasteiger partial charge on any atom is -0.463 e. The molecule has 0 aliphatic carbocycles. The van der Waals surface area contributed by atoms with Gasteiger partial charge in [-0.3, -0.25) is 4.79 Å². The summed E-state index contributed by atoms with van der Waals surface area (Å²) in [7, 11) is 0. The average molecular weight is 223 g/mol. The largest absolute Gasteiger partial charge is 0.463 e. The van der Waals surface area contributed by atoms with Gasteiger partial charge >= 0.3 is 5.97 Å². The third-order valence-electron chi connectivity index (χ3n) is 3.52. The molecule has 0 aromatic carbocycles. The van der Waals surface area contributed by atoms with Crippen LogP contribution in [-0.4, -0.2) is 42.9 Å². The Morgan fingerprint density at radius 3 is 2.50 bits per heavy atom. The minimum atomic E-state index is -0.430. The van der Waals surface area contributed by atoms with Gasteiger partial charge in [-0.15, -0.1) is 0 Å². The Morgan fingerprint density at radius 2 is 2.00 bits per heavy atom. The summed E-state index contributed by atoms with van der Waals surface area (Å²) in [6.07, 6.45) is 4.51. The highest BCUT2D eigenvalue weighted by atomic mass is 16.5. The van der Waals surface area contributed by atoms with Gasteiger partial charge < -0.3 is 9.64 Å². The molecule has 4 heteroatoms. The number of piperidine rings is 1. The predicted molar refractivity (Wildman–Crippen MR) is 58.9 cm³/mol. The second-order valence-electron chi connectivity index (χ2n) is 4.51. The molecule has 2 bridgehead atoms. The van der Waals surface area contributed by atoms with Crippen LogP contribution >= 0.6 is 0 Å². The maximum absolute atomic E-state index is 12.0. The van der Waals surface area contributed by atoms with E-state index in [1.165, 1.54) is 12.2 Å². The van der Waals surface area contributed by atoms with E-state index in [4.69, 9.17) is 4.74 Å². The molecule has 0 spiro atoms. The Balaban J connectivity index is 1.95. The number of carbonyl (C=O) groups excluding carboxylic acids is 2. The maximum atomic E-state index is 12.0. The van der Waals surface area contributed by atoms with E-state index in [9.17, 15) is 9.59 Å². The van der Waals surface area contributed by atoms with Crippen molar-refractivity contribution in [1.29, 1.82) is 0 Å². The van der Waals surface area contributed by atoms with Crippen molar-refractivity contribution in [2.45, 2.75) is 19.8 Å². The highest BCUT2D eigenvalue weighted by Gasteiger charge is 2.47. The molecule has 2 rings (SSSR count). The Bertz CT molecular complexity index is 327. The van der Waals surface area contributed by atoms with Gasteiger partial charge in [-0.1, -0.05) is 0 Å². The summed E-state index contributed by atoms with van der Waals surface area (Å²) < 4.78 is 4.74. The van der Waals surface area contributed by atoms with Crippen LogP contribution in [0.4, 0.5) is 0 Å². The summed E-state index contributed by atoms with van der Waals surface area (Å²) in [6.45, 7) is 4.98. The van der Waals surface area contributed by atoms with Crippen molar-refractivity contribution in [3.05, 3.63) is 12.2 Å². The molecule has 2 heterocycles. The second kappa shape index (κ2) is 4.37. The van der Waals surface area contributed by atoms with Crippen molar-refractivity contribution in [3.63, 3.8) is 0 Å². The zero-order valence-electron chi connectivity index (χ0n) is 9.57. The molecule has 2 aliphatic heterocycles. The number of hydrogen-bond acceptors (Lipinski definition) is 4. The third-order valence-corrected chi connectivity index (χ3v) is 3.52. The third kappa shape index (κ3) is 2.02. The number of esters is 1. The maximum Gasteiger partial charge on any atom is 0.330 e. The highest BCUT2D eigenvalue weighted by Crippen LogP contribution is 2.41. The molecule has 0 atom stereocenters. The van der Waals surface area contributed by atoms with Crippen molar-refractivity contribution in [3.8, 4) is 0 Å². The van der Waals surface area contributed by atoms with Gasteiger partial charge in [-0.05, 0) is 38.9 Å². The Kier molecular flexibility index (Phi) is 3.10. The van der Waals surface area contributed by atoms with Crippen LogP contribution in [0.25, 0.3) is 0 Å². The fourth-order valence-electron chi connectivity index (χ4n) is 2.56. The fourth-order valence-corrected chi connectivity index (χ4v) is 2.56. The number of hydrogen-bond donors (Lipinski definition) is 0. The zero-order chi connectivity index (χ0) is 11.6. The fraction of sp³-hybridized carbons (Fsp3) is 0.667. The van der Waals surface area contributed by atoms with Gasteiger partial charge in [0.05, 0.1) is 6.61 Å². The summed E-state index contributed by atoms with van der Waals surface area (Å²) in [6, 6.07) is 0. The molecule has 0 unspecified atom stereocenters. The van der Waals surface area contributed by atoms with Gasteiger partial charge in [0.15, 0.2) is 5.78 Å². The molecule has 2 fully saturated rings. The van der Waals surface area contributed by atoms with Crippen LogP contribution in [0.15, 0.2) is 12.2 Å². The lowest BCUT2D eigenvalue weighted by molar-refractivity contribution is -0.137. The summed E-state index contributed by atoms with van der Waals surface area (Å²) in [5, 5.41) is 0. The molecule has 0 amide bonds. The Hall–Kier alpha value is -1.16. The highest BCUT2D eigenvalue weighted by molar-refractivity contribution is 5.99. The first-order valence-corrected chi connectivity index (χ1v) is 5.78. The van der Waals surface area contributed by atoms with Crippen LogP contribution in [-0.2, 0) is 14.3 Å². The smallest absolute Gasteiger partial charge is 0.330 e. The first kappa shape index (κ1) is 11.3. The molecule has 88 valence electrons. The van der Waals surface area contributed by atoms with E-state index < -0.39 is 5.97 Å². The summed E-state index contributed by atoms with van der Waals surface area (Å²) in [4.78, 5) is 25.4. The van der Waals surface area contributed by atoms with Crippen molar-refractivity contribution >= 4 is 11.8 Å². The standard InChI is InChI=1S/C12H17NO3/c1-2-16-11(15)4-3-10(14)12-5-7-13(9-12)8-6-12/h3-4H,2,5-9H2,1H3/b4-3+. The number of carbonyl (C=O) groups is 2. The van der Waals surface area contributed by atoms with Crippen LogP contribution in [0, 0.1) is 5.41 Å². The van der Waals surface area contributed by atoms with Crippen LogP contribution in [0.3, 0.4) is 0 Å². The van der Waals surface area contributed by atoms with Crippen molar-refractivity contribution < 1.29 is 14.3 Å². The number of ketones is 1. The summed E-state index contributed by atoms with van der Waals surface area (Å²) in [5.41, 5.74) is -0.205. The van der Waals surface area contributed by atoms with Gasteiger partial charge in [-0.25, -0.2) is 4.79 Å². The number of rotatable bonds is 4. The van der Waals surface area contributed by atoms with Crippen molar-refractivity contribution in [2.75, 3.05) is 26.2 Å². The molecule has 0 N–H and O–H groups in total. The lowest BCUT2D eigenvalue weighted by Crippen LogP contribution is -2.28. The van der Waals surface area contributed by atoms with Gasteiger partial charge in [0.1, 0.15) is 0 Å². The Morgan fingerprint density at radius 1 is 1.31 bits per heavy atom. The number of ether oxygens (including phenoxy) is 1. The first-order chi connectivity index (χ1) is 7.66. The lowest BCUT2D eigenvalue weighted by atomic mass is 9.80. The van der Waals surface area contributed by atoms with Gasteiger partial charge in [0.2, 0.25) is 0 Å². The van der Waals surface area contributed by atoms with E-state index in [0.717, 1.165) is 32.5 Å². The molecule has 2 saturated heterocycles. The quantitative estimate of drug-likeness (QED) is 0.521. The van der Waals surface area contributed by atoms with Gasteiger partial charge in [-0.2, -0.15) is 0 Å². The second-order valence-corrected chi connectivity index (χ2v) is 4.51. The van der Waals surface area contributed by atoms with E-state index in [-0.39, 0.29) is 11.2 Å². The number of fused-ring (bicyclic) bond motifs is 2. The van der Waals surface area contributed by atoms with E-state index in [1.807, 2.05) is 0 Å². The molecule has 0 aromatic heterocycles. The number of nitrogens with zero attached hydrogens (tertiary/aromatic N) is 1. The average Bonchev–Trinajstić information content (AvgIpc) is 2.87. The van der Waals surface area contributed by atoms with E-state index in [2.05, 4.69) is 4.90 Å². The zero-order valence-corrected chi connectivity index (χ0v) is 9.57. The monoisotopic (exact) mass is 223 g/mol. The molecule has 0 saturated carbocycles. The van der Waals surface area contributed by atoms with Crippen LogP contribution in [0.1, 0.15) is 19.8 Å². The van der Waals surface area contributed by atoms with Crippen LogP contribution < -0.4 is 0 Å². The van der Waals surface area contributed by atoms with Crippen molar-refractivity contribution in [1.82, 2.24) is 4.90 Å². The molecule has 4 nitrogen and oxygen atoms in total. The molecule has 0 aromatic rings.